The van der Waals surface area contributed by atoms with Gasteiger partial charge in [-0.25, -0.2) is 9.37 Å². The smallest absolute Gasteiger partial charge is 0.254 e. The molecule has 2 aliphatic heterocycles. The lowest BCUT2D eigenvalue weighted by molar-refractivity contribution is 0.0571. The van der Waals surface area contributed by atoms with E-state index in [0.29, 0.717) is 17.2 Å². The van der Waals surface area contributed by atoms with Gasteiger partial charge >= 0.3 is 0 Å². The van der Waals surface area contributed by atoms with E-state index in [1.807, 2.05) is 36.4 Å². The first-order valence-electron chi connectivity index (χ1n) is 9.76. The van der Waals surface area contributed by atoms with Crippen LogP contribution in [0.1, 0.15) is 47.5 Å². The van der Waals surface area contributed by atoms with Crippen LogP contribution in [0, 0.1) is 5.82 Å². The summed E-state index contributed by atoms with van der Waals surface area (Å²) < 4.78 is 18.6. The van der Waals surface area contributed by atoms with Gasteiger partial charge in [-0.2, -0.15) is 0 Å². The molecule has 2 aromatic carbocycles. The Morgan fingerprint density at radius 3 is 2.50 bits per heavy atom. The highest BCUT2D eigenvalue weighted by Crippen LogP contribution is 2.43. The summed E-state index contributed by atoms with van der Waals surface area (Å²) in [6, 6.07) is 14.9. The fourth-order valence-corrected chi connectivity index (χ4v) is 4.83. The number of nitrogens with zero attached hydrogens (tertiary/aromatic N) is 2. The van der Waals surface area contributed by atoms with Gasteiger partial charge in [0.05, 0.1) is 6.20 Å². The Labute approximate surface area is 163 Å². The fourth-order valence-electron chi connectivity index (χ4n) is 4.83. The maximum atomic E-state index is 13.3. The second-order valence-corrected chi connectivity index (χ2v) is 7.76. The van der Waals surface area contributed by atoms with Crippen LogP contribution in [0.15, 0.2) is 65.5 Å². The summed E-state index contributed by atoms with van der Waals surface area (Å²) in [5.74, 6) is 0.938. The van der Waals surface area contributed by atoms with Crippen LogP contribution in [0.25, 0.3) is 11.3 Å². The molecule has 2 fully saturated rings. The second kappa shape index (κ2) is 6.89. The second-order valence-electron chi connectivity index (χ2n) is 7.76. The third-order valence-corrected chi connectivity index (χ3v) is 6.14. The van der Waals surface area contributed by atoms with Crippen molar-refractivity contribution in [1.82, 2.24) is 9.88 Å². The summed E-state index contributed by atoms with van der Waals surface area (Å²) in [5.41, 5.74) is 2.72. The molecule has 4 nitrogen and oxygen atoms in total. The number of halogens is 1. The van der Waals surface area contributed by atoms with Crippen LogP contribution in [-0.2, 0) is 0 Å². The van der Waals surface area contributed by atoms with Gasteiger partial charge in [0, 0.05) is 23.2 Å². The SMILES string of the molecule is O=C(c1cccc(-c2cnco2)c1)N1[C@@H]2CC[C@H]1C[C@@H](c1ccc(F)cc1)C2. The summed E-state index contributed by atoms with van der Waals surface area (Å²) in [5, 5.41) is 0. The molecule has 0 unspecified atom stereocenters. The summed E-state index contributed by atoms with van der Waals surface area (Å²) in [4.78, 5) is 19.3. The Kier molecular flexibility index (Phi) is 4.23. The van der Waals surface area contributed by atoms with Crippen LogP contribution in [0.3, 0.4) is 0 Å². The minimum atomic E-state index is -0.203. The zero-order valence-electron chi connectivity index (χ0n) is 15.4. The predicted molar refractivity (Wildman–Crippen MR) is 103 cm³/mol. The Bertz CT molecular complexity index is 970. The number of oxazole rings is 1. The first-order valence-corrected chi connectivity index (χ1v) is 9.76. The van der Waals surface area contributed by atoms with Crippen LogP contribution in [0.5, 0.6) is 0 Å². The zero-order chi connectivity index (χ0) is 19.1. The number of carbonyl (C=O) groups is 1. The number of amides is 1. The number of rotatable bonds is 3. The van der Waals surface area contributed by atoms with E-state index in [-0.39, 0.29) is 23.8 Å². The standard InChI is InChI=1S/C23H21FN2O2/c24-19-6-4-15(5-7-19)18-11-20-8-9-21(12-18)26(20)23(27)17-3-1-2-16(10-17)22-13-25-14-28-22/h1-7,10,13-14,18,20-21H,8-9,11-12H2/t18-,20+,21-. The molecule has 3 heterocycles. The van der Waals surface area contributed by atoms with Crippen molar-refractivity contribution >= 4 is 5.91 Å². The number of hydrogen-bond acceptors (Lipinski definition) is 3. The molecule has 2 bridgehead atoms. The van der Waals surface area contributed by atoms with Gasteiger partial charge in [-0.05, 0) is 61.4 Å². The quantitative estimate of drug-likeness (QED) is 0.644. The average molecular weight is 376 g/mol. The Morgan fingerprint density at radius 1 is 1.07 bits per heavy atom. The monoisotopic (exact) mass is 376 g/mol. The Hall–Kier alpha value is -2.95. The number of aromatic nitrogens is 1. The molecule has 0 N–H and O–H groups in total. The van der Waals surface area contributed by atoms with Crippen LogP contribution >= 0.6 is 0 Å². The van der Waals surface area contributed by atoms with Gasteiger partial charge in [-0.15, -0.1) is 0 Å². The van der Waals surface area contributed by atoms with Gasteiger partial charge in [0.2, 0.25) is 0 Å². The predicted octanol–water partition coefficient (Wildman–Crippen LogP) is 5.03. The van der Waals surface area contributed by atoms with Crippen LogP contribution in [0.4, 0.5) is 4.39 Å². The molecule has 5 heteroatoms. The highest BCUT2D eigenvalue weighted by atomic mass is 19.1. The average Bonchev–Trinajstić information content (AvgIpc) is 3.35. The molecule has 5 rings (SSSR count). The fraction of sp³-hybridized carbons (Fsp3) is 0.304. The van der Waals surface area contributed by atoms with Crippen molar-refractivity contribution in [3.63, 3.8) is 0 Å². The van der Waals surface area contributed by atoms with E-state index in [0.717, 1.165) is 31.2 Å². The zero-order valence-corrected chi connectivity index (χ0v) is 15.4. The van der Waals surface area contributed by atoms with Crippen LogP contribution < -0.4 is 0 Å². The highest BCUT2D eigenvalue weighted by molar-refractivity contribution is 5.96. The molecule has 0 saturated carbocycles. The van der Waals surface area contributed by atoms with Crippen molar-refractivity contribution in [3.8, 4) is 11.3 Å². The number of piperidine rings is 1. The van der Waals surface area contributed by atoms with Gasteiger partial charge in [0.1, 0.15) is 5.82 Å². The Balaban J connectivity index is 1.37. The lowest BCUT2D eigenvalue weighted by atomic mass is 9.84. The van der Waals surface area contributed by atoms with E-state index >= 15 is 0 Å². The third-order valence-electron chi connectivity index (χ3n) is 6.14. The molecule has 28 heavy (non-hydrogen) atoms. The molecule has 0 spiro atoms. The van der Waals surface area contributed by atoms with E-state index in [1.165, 1.54) is 24.1 Å². The molecule has 1 aromatic heterocycles. The number of benzene rings is 2. The normalized spacial score (nSPS) is 23.8. The highest BCUT2D eigenvalue weighted by Gasteiger charge is 2.43. The van der Waals surface area contributed by atoms with Crippen molar-refractivity contribution in [1.29, 1.82) is 0 Å². The lowest BCUT2D eigenvalue weighted by Gasteiger charge is -2.39. The summed E-state index contributed by atoms with van der Waals surface area (Å²) in [6.07, 6.45) is 7.00. The molecule has 0 radical (unpaired) electrons. The molecular weight excluding hydrogens is 355 g/mol. The van der Waals surface area contributed by atoms with Crippen molar-refractivity contribution < 1.29 is 13.6 Å². The van der Waals surface area contributed by atoms with E-state index < -0.39 is 0 Å². The lowest BCUT2D eigenvalue weighted by Crippen LogP contribution is -2.46. The maximum Gasteiger partial charge on any atom is 0.254 e. The molecule has 3 atom stereocenters. The summed E-state index contributed by atoms with van der Waals surface area (Å²) >= 11 is 0. The van der Waals surface area contributed by atoms with E-state index in [4.69, 9.17) is 4.42 Å². The largest absolute Gasteiger partial charge is 0.444 e. The third kappa shape index (κ3) is 3.01. The number of carbonyl (C=O) groups excluding carboxylic acids is 1. The summed E-state index contributed by atoms with van der Waals surface area (Å²) in [7, 11) is 0. The number of hydrogen-bond donors (Lipinski definition) is 0. The molecule has 3 aromatic rings. The van der Waals surface area contributed by atoms with Gasteiger partial charge < -0.3 is 9.32 Å². The topological polar surface area (TPSA) is 46.3 Å². The van der Waals surface area contributed by atoms with E-state index in [9.17, 15) is 9.18 Å². The van der Waals surface area contributed by atoms with Crippen molar-refractivity contribution in [3.05, 3.63) is 78.1 Å². The van der Waals surface area contributed by atoms with Gasteiger partial charge in [-0.3, -0.25) is 4.79 Å². The van der Waals surface area contributed by atoms with Gasteiger partial charge in [-0.1, -0.05) is 24.3 Å². The van der Waals surface area contributed by atoms with Crippen LogP contribution in [0.2, 0.25) is 0 Å². The molecule has 142 valence electrons. The molecular formula is C23H21FN2O2. The minimum Gasteiger partial charge on any atom is -0.444 e. The first-order chi connectivity index (χ1) is 13.7. The van der Waals surface area contributed by atoms with Gasteiger partial charge in [0.15, 0.2) is 12.2 Å². The summed E-state index contributed by atoms with van der Waals surface area (Å²) in [6.45, 7) is 0. The number of fused-ring (bicyclic) bond motifs is 2. The van der Waals surface area contributed by atoms with Crippen molar-refractivity contribution in [2.24, 2.45) is 0 Å². The van der Waals surface area contributed by atoms with Crippen molar-refractivity contribution in [2.75, 3.05) is 0 Å². The molecule has 2 aliphatic rings. The van der Waals surface area contributed by atoms with Gasteiger partial charge in [0.25, 0.3) is 5.91 Å². The molecule has 2 saturated heterocycles. The minimum absolute atomic E-state index is 0.0893. The first kappa shape index (κ1) is 17.2. The van der Waals surface area contributed by atoms with Crippen LogP contribution in [-0.4, -0.2) is 27.9 Å². The molecule has 0 aliphatic carbocycles. The van der Waals surface area contributed by atoms with E-state index in [2.05, 4.69) is 9.88 Å². The molecule has 1 amide bonds. The van der Waals surface area contributed by atoms with E-state index in [1.54, 1.807) is 6.20 Å². The maximum absolute atomic E-state index is 13.3. The Morgan fingerprint density at radius 2 is 1.82 bits per heavy atom. The van der Waals surface area contributed by atoms with Crippen molar-refractivity contribution in [2.45, 2.75) is 43.7 Å².